The Morgan fingerprint density at radius 2 is 1.83 bits per heavy atom. The predicted molar refractivity (Wildman–Crippen MR) is 113 cm³/mol. The highest BCUT2D eigenvalue weighted by Crippen LogP contribution is 2.31. The number of rotatable bonds is 5. The van der Waals surface area contributed by atoms with E-state index < -0.39 is 0 Å². The fourth-order valence-electron chi connectivity index (χ4n) is 3.72. The van der Waals surface area contributed by atoms with Gasteiger partial charge in [-0.15, -0.1) is 5.10 Å². The van der Waals surface area contributed by atoms with Gasteiger partial charge < -0.3 is 10.1 Å². The second-order valence-corrected chi connectivity index (χ2v) is 7.57. The van der Waals surface area contributed by atoms with Gasteiger partial charge in [-0.3, -0.25) is 0 Å². The number of nitrogens with one attached hydrogen (secondary N) is 1. The van der Waals surface area contributed by atoms with Gasteiger partial charge >= 0.3 is 0 Å². The number of nitrogens with zero attached hydrogens (tertiary/aromatic N) is 4. The first-order valence-electron chi connectivity index (χ1n) is 9.62. The molecule has 7 heteroatoms. The van der Waals surface area contributed by atoms with Crippen LogP contribution in [0, 0.1) is 0 Å². The number of benzene rings is 2. The van der Waals surface area contributed by atoms with E-state index >= 15 is 0 Å². The van der Waals surface area contributed by atoms with Crippen molar-refractivity contribution in [2.24, 2.45) is 0 Å². The molecule has 0 bridgehead atoms. The molecule has 1 aliphatic carbocycles. The summed E-state index contributed by atoms with van der Waals surface area (Å²) < 4.78 is 7.09. The van der Waals surface area contributed by atoms with Crippen molar-refractivity contribution in [3.05, 3.63) is 76.2 Å². The summed E-state index contributed by atoms with van der Waals surface area (Å²) in [6, 6.07) is 15.6. The Bertz CT molecular complexity index is 1170. The van der Waals surface area contributed by atoms with Crippen molar-refractivity contribution in [1.29, 1.82) is 0 Å². The Morgan fingerprint density at radius 3 is 2.59 bits per heavy atom. The van der Waals surface area contributed by atoms with Gasteiger partial charge in [-0.1, -0.05) is 23.7 Å². The normalized spacial score (nSPS) is 12.9. The molecule has 6 nitrogen and oxygen atoms in total. The Morgan fingerprint density at radius 1 is 1.03 bits per heavy atom. The van der Waals surface area contributed by atoms with E-state index in [0.29, 0.717) is 12.2 Å². The summed E-state index contributed by atoms with van der Waals surface area (Å²) >= 11 is 5.99. The fourth-order valence-corrected chi connectivity index (χ4v) is 3.85. The number of hydrogen-bond acceptors (Lipinski definition) is 5. The summed E-state index contributed by atoms with van der Waals surface area (Å²) in [5, 5.41) is 9.01. The van der Waals surface area contributed by atoms with E-state index in [-0.39, 0.29) is 0 Å². The number of anilines is 2. The first-order valence-corrected chi connectivity index (χ1v) is 10.0. The van der Waals surface area contributed by atoms with Gasteiger partial charge in [0.2, 0.25) is 0 Å². The first-order chi connectivity index (χ1) is 14.2. The Kier molecular flexibility index (Phi) is 4.56. The molecule has 0 fully saturated rings. The Hall–Kier alpha value is -3.12. The maximum absolute atomic E-state index is 5.99. The summed E-state index contributed by atoms with van der Waals surface area (Å²) in [5.41, 5.74) is 4.42. The lowest BCUT2D eigenvalue weighted by Crippen LogP contribution is -2.07. The molecule has 5 rings (SSSR count). The molecule has 1 N–H and O–H groups in total. The summed E-state index contributed by atoms with van der Waals surface area (Å²) in [6.07, 6.45) is 3.70. The van der Waals surface area contributed by atoms with E-state index in [1.165, 1.54) is 5.56 Å². The number of methoxy groups -OCH3 is 1. The smallest absolute Gasteiger partial charge is 0.254 e. The lowest BCUT2D eigenvalue weighted by molar-refractivity contribution is 0.415. The molecule has 146 valence electrons. The van der Waals surface area contributed by atoms with E-state index in [9.17, 15) is 0 Å². The van der Waals surface area contributed by atoms with Crippen LogP contribution in [0.3, 0.4) is 0 Å². The third kappa shape index (κ3) is 3.51. The van der Waals surface area contributed by atoms with Crippen molar-refractivity contribution in [2.75, 3.05) is 12.4 Å². The van der Waals surface area contributed by atoms with E-state index in [2.05, 4.69) is 10.3 Å². The minimum Gasteiger partial charge on any atom is -0.497 e. The number of halogens is 1. The molecule has 2 aromatic heterocycles. The minimum absolute atomic E-state index is 0.630. The van der Waals surface area contributed by atoms with Crippen LogP contribution < -0.4 is 10.1 Å². The maximum Gasteiger partial charge on any atom is 0.254 e. The highest BCUT2D eigenvalue weighted by molar-refractivity contribution is 6.30. The van der Waals surface area contributed by atoms with Crippen molar-refractivity contribution >= 4 is 28.9 Å². The van der Waals surface area contributed by atoms with E-state index in [0.717, 1.165) is 58.6 Å². The quantitative estimate of drug-likeness (QED) is 0.525. The molecular formula is C22H20ClN5O. The van der Waals surface area contributed by atoms with Crippen LogP contribution in [0.5, 0.6) is 5.75 Å². The molecule has 0 radical (unpaired) electrons. The third-order valence-electron chi connectivity index (χ3n) is 5.18. The average Bonchev–Trinajstić information content (AvgIpc) is 3.36. The van der Waals surface area contributed by atoms with Crippen LogP contribution >= 0.6 is 11.6 Å². The van der Waals surface area contributed by atoms with Gasteiger partial charge in [-0.25, -0.2) is 4.98 Å². The fraction of sp³-hybridized carbons (Fsp3) is 0.227. The minimum atomic E-state index is 0.630. The standard InChI is InChI=1S/C22H20ClN5O/c1-29-17-11-9-16(10-12-17)24-21-18-3-2-4-19(18)25-22-26-20(27-28(21)22)13-14-5-7-15(23)8-6-14/h5-12,24H,2-4,13H2,1H3. The molecule has 0 saturated carbocycles. The average molecular weight is 406 g/mol. The second kappa shape index (κ2) is 7.37. The Labute approximate surface area is 173 Å². The molecule has 0 amide bonds. The highest BCUT2D eigenvalue weighted by Gasteiger charge is 2.22. The zero-order valence-electron chi connectivity index (χ0n) is 16.0. The lowest BCUT2D eigenvalue weighted by Gasteiger charge is -2.12. The van der Waals surface area contributed by atoms with E-state index in [4.69, 9.17) is 26.4 Å². The maximum atomic E-state index is 5.99. The van der Waals surface area contributed by atoms with Crippen LogP contribution in [-0.4, -0.2) is 26.7 Å². The van der Waals surface area contributed by atoms with Crippen LogP contribution in [0.2, 0.25) is 5.02 Å². The molecule has 0 unspecified atom stereocenters. The number of aromatic nitrogens is 4. The third-order valence-corrected chi connectivity index (χ3v) is 5.44. The molecule has 0 aliphatic heterocycles. The number of aryl methyl sites for hydroxylation is 1. The van der Waals surface area contributed by atoms with Gasteiger partial charge in [0.05, 0.1) is 12.8 Å². The summed E-state index contributed by atoms with van der Waals surface area (Å²) in [4.78, 5) is 9.46. The monoisotopic (exact) mass is 405 g/mol. The number of fused-ring (bicyclic) bond motifs is 2. The van der Waals surface area contributed by atoms with Crippen molar-refractivity contribution in [3.63, 3.8) is 0 Å². The van der Waals surface area contributed by atoms with Crippen molar-refractivity contribution in [2.45, 2.75) is 25.7 Å². The molecule has 2 aromatic carbocycles. The van der Waals surface area contributed by atoms with Crippen LogP contribution in [0.15, 0.2) is 48.5 Å². The van der Waals surface area contributed by atoms with Crippen LogP contribution in [0.25, 0.3) is 5.78 Å². The summed E-state index contributed by atoms with van der Waals surface area (Å²) in [6.45, 7) is 0. The molecular weight excluding hydrogens is 386 g/mol. The molecule has 4 aromatic rings. The molecule has 29 heavy (non-hydrogen) atoms. The van der Waals surface area contributed by atoms with Gasteiger partial charge in [0, 0.05) is 22.7 Å². The van der Waals surface area contributed by atoms with Crippen LogP contribution in [0.4, 0.5) is 11.5 Å². The lowest BCUT2D eigenvalue weighted by atomic mass is 10.1. The Balaban J connectivity index is 1.54. The largest absolute Gasteiger partial charge is 0.497 e. The number of ether oxygens (including phenoxy) is 1. The zero-order chi connectivity index (χ0) is 19.8. The van der Waals surface area contributed by atoms with Gasteiger partial charge in [-0.05, 0) is 61.2 Å². The summed E-state index contributed by atoms with van der Waals surface area (Å²) in [5.74, 6) is 3.14. The highest BCUT2D eigenvalue weighted by atomic mass is 35.5. The molecule has 2 heterocycles. The van der Waals surface area contributed by atoms with Gasteiger partial charge in [0.25, 0.3) is 5.78 Å². The zero-order valence-corrected chi connectivity index (χ0v) is 16.8. The van der Waals surface area contributed by atoms with E-state index in [1.54, 1.807) is 7.11 Å². The molecule has 0 spiro atoms. The number of hydrogen-bond donors (Lipinski definition) is 1. The topological polar surface area (TPSA) is 64.3 Å². The molecule has 0 saturated heterocycles. The first kappa shape index (κ1) is 17.9. The summed E-state index contributed by atoms with van der Waals surface area (Å²) in [7, 11) is 1.67. The van der Waals surface area contributed by atoms with Crippen LogP contribution in [0.1, 0.15) is 29.1 Å². The van der Waals surface area contributed by atoms with Gasteiger partial charge in [0.15, 0.2) is 5.82 Å². The second-order valence-electron chi connectivity index (χ2n) is 7.14. The molecule has 1 aliphatic rings. The molecule has 0 atom stereocenters. The van der Waals surface area contributed by atoms with E-state index in [1.807, 2.05) is 53.0 Å². The SMILES string of the molecule is COc1ccc(Nc2c3c(nc4nc(Cc5ccc(Cl)cc5)nn24)CCC3)cc1. The van der Waals surface area contributed by atoms with Gasteiger partial charge in [-0.2, -0.15) is 9.50 Å². The van der Waals surface area contributed by atoms with Crippen LogP contribution in [-0.2, 0) is 19.3 Å². The van der Waals surface area contributed by atoms with Crippen molar-refractivity contribution in [3.8, 4) is 5.75 Å². The van der Waals surface area contributed by atoms with Gasteiger partial charge in [0.1, 0.15) is 11.6 Å². The van der Waals surface area contributed by atoms with Crippen molar-refractivity contribution in [1.82, 2.24) is 19.6 Å². The predicted octanol–water partition coefficient (Wildman–Crippen LogP) is 4.61. The van der Waals surface area contributed by atoms with Crippen molar-refractivity contribution < 1.29 is 4.74 Å².